The Labute approximate surface area is 95.3 Å². The summed E-state index contributed by atoms with van der Waals surface area (Å²) in [5, 5.41) is 7.64. The first-order valence-electron chi connectivity index (χ1n) is 5.44. The minimum atomic E-state index is 0.813. The average molecular weight is 216 g/mol. The average Bonchev–Trinajstić information content (AvgIpc) is 2.72. The molecular formula is C12H16N4. The van der Waals surface area contributed by atoms with Gasteiger partial charge in [-0.25, -0.2) is 0 Å². The van der Waals surface area contributed by atoms with E-state index in [0.29, 0.717) is 0 Å². The Bertz CT molecular complexity index is 422. The molecule has 0 aliphatic heterocycles. The molecule has 2 aromatic heterocycles. The second-order valence-electron chi connectivity index (χ2n) is 3.73. The van der Waals surface area contributed by atoms with Crippen LogP contribution in [0.2, 0.25) is 0 Å². The molecule has 4 nitrogen and oxygen atoms in total. The number of pyridine rings is 1. The number of nitrogens with zero attached hydrogens (tertiary/aromatic N) is 3. The number of aromatic nitrogens is 3. The summed E-state index contributed by atoms with van der Waals surface area (Å²) < 4.78 is 1.82. The lowest BCUT2D eigenvalue weighted by molar-refractivity contribution is 0.650. The second-order valence-corrected chi connectivity index (χ2v) is 3.73. The molecule has 4 heteroatoms. The van der Waals surface area contributed by atoms with Gasteiger partial charge in [0.05, 0.1) is 5.69 Å². The van der Waals surface area contributed by atoms with Crippen molar-refractivity contribution in [2.24, 2.45) is 7.05 Å². The number of rotatable bonds is 5. The van der Waals surface area contributed by atoms with Gasteiger partial charge < -0.3 is 5.32 Å². The van der Waals surface area contributed by atoms with Crippen molar-refractivity contribution >= 4 is 0 Å². The summed E-state index contributed by atoms with van der Waals surface area (Å²) in [7, 11) is 1.93. The molecule has 2 heterocycles. The smallest absolute Gasteiger partial charge is 0.0762 e. The summed E-state index contributed by atoms with van der Waals surface area (Å²) in [4.78, 5) is 4.27. The highest BCUT2D eigenvalue weighted by Crippen LogP contribution is 1.95. The van der Waals surface area contributed by atoms with E-state index >= 15 is 0 Å². The van der Waals surface area contributed by atoms with Gasteiger partial charge in [0.1, 0.15) is 0 Å². The van der Waals surface area contributed by atoms with E-state index < -0.39 is 0 Å². The molecule has 0 fully saturated rings. The fourth-order valence-electron chi connectivity index (χ4n) is 1.54. The van der Waals surface area contributed by atoms with Crippen LogP contribution >= 0.6 is 0 Å². The highest BCUT2D eigenvalue weighted by Gasteiger charge is 1.96. The predicted octanol–water partition coefficient (Wildman–Crippen LogP) is 1.15. The van der Waals surface area contributed by atoms with Crippen molar-refractivity contribution in [2.75, 3.05) is 6.54 Å². The largest absolute Gasteiger partial charge is 0.311 e. The van der Waals surface area contributed by atoms with E-state index in [1.54, 1.807) is 0 Å². The van der Waals surface area contributed by atoms with Crippen LogP contribution in [0.3, 0.4) is 0 Å². The van der Waals surface area contributed by atoms with Crippen molar-refractivity contribution in [3.8, 4) is 0 Å². The lowest BCUT2D eigenvalue weighted by atomic mass is 10.3. The van der Waals surface area contributed by atoms with Crippen molar-refractivity contribution in [1.82, 2.24) is 20.1 Å². The monoisotopic (exact) mass is 216 g/mol. The lowest BCUT2D eigenvalue weighted by Gasteiger charge is -2.02. The van der Waals surface area contributed by atoms with E-state index in [1.807, 2.05) is 48.4 Å². The summed E-state index contributed by atoms with van der Waals surface area (Å²) in [6, 6.07) is 8.02. The summed E-state index contributed by atoms with van der Waals surface area (Å²) in [6.45, 7) is 1.74. The molecule has 0 aliphatic rings. The predicted molar refractivity (Wildman–Crippen MR) is 62.9 cm³/mol. The zero-order valence-corrected chi connectivity index (χ0v) is 9.43. The minimum Gasteiger partial charge on any atom is -0.311 e. The van der Waals surface area contributed by atoms with Crippen LogP contribution in [0.5, 0.6) is 0 Å². The molecule has 0 spiro atoms. The molecule has 0 bridgehead atoms. The highest BCUT2D eigenvalue weighted by molar-refractivity contribution is 5.04. The quantitative estimate of drug-likeness (QED) is 0.762. The van der Waals surface area contributed by atoms with Gasteiger partial charge in [0.2, 0.25) is 0 Å². The fraction of sp³-hybridized carbons (Fsp3) is 0.333. The third-order valence-corrected chi connectivity index (χ3v) is 2.36. The normalized spacial score (nSPS) is 10.6. The van der Waals surface area contributed by atoms with Crippen molar-refractivity contribution in [2.45, 2.75) is 13.0 Å². The summed E-state index contributed by atoms with van der Waals surface area (Å²) >= 11 is 0. The van der Waals surface area contributed by atoms with E-state index in [1.165, 1.54) is 0 Å². The molecular weight excluding hydrogens is 200 g/mol. The standard InChI is InChI=1S/C12H16N4/c1-16-9-6-12(15-16)10-13-8-5-11-4-2-3-7-14-11/h2-4,6-7,9,13H,5,8,10H2,1H3. The molecule has 2 rings (SSSR count). The Kier molecular flexibility index (Phi) is 3.66. The van der Waals surface area contributed by atoms with Gasteiger partial charge in [-0.3, -0.25) is 9.67 Å². The lowest BCUT2D eigenvalue weighted by Crippen LogP contribution is -2.17. The van der Waals surface area contributed by atoms with E-state index in [9.17, 15) is 0 Å². The Morgan fingerprint density at radius 1 is 1.25 bits per heavy atom. The highest BCUT2D eigenvalue weighted by atomic mass is 15.3. The fourth-order valence-corrected chi connectivity index (χ4v) is 1.54. The molecule has 0 atom stereocenters. The van der Waals surface area contributed by atoms with Gasteiger partial charge in [-0.15, -0.1) is 0 Å². The Balaban J connectivity index is 1.69. The van der Waals surface area contributed by atoms with Crippen molar-refractivity contribution in [3.05, 3.63) is 48.0 Å². The van der Waals surface area contributed by atoms with Gasteiger partial charge in [-0.1, -0.05) is 6.07 Å². The maximum atomic E-state index is 4.29. The molecule has 2 aromatic rings. The zero-order valence-electron chi connectivity index (χ0n) is 9.43. The van der Waals surface area contributed by atoms with Gasteiger partial charge in [0.15, 0.2) is 0 Å². The topological polar surface area (TPSA) is 42.7 Å². The van der Waals surface area contributed by atoms with Crippen molar-refractivity contribution < 1.29 is 0 Å². The maximum absolute atomic E-state index is 4.29. The summed E-state index contributed by atoms with van der Waals surface area (Å²) in [6.07, 6.45) is 4.73. The first kappa shape index (κ1) is 10.8. The van der Waals surface area contributed by atoms with Gasteiger partial charge >= 0.3 is 0 Å². The molecule has 0 amide bonds. The van der Waals surface area contributed by atoms with Gasteiger partial charge in [-0.2, -0.15) is 5.10 Å². The first-order valence-corrected chi connectivity index (χ1v) is 5.44. The van der Waals surface area contributed by atoms with Gasteiger partial charge in [0, 0.05) is 44.6 Å². The van der Waals surface area contributed by atoms with Crippen LogP contribution in [0, 0.1) is 0 Å². The zero-order chi connectivity index (χ0) is 11.2. The molecule has 84 valence electrons. The molecule has 1 N–H and O–H groups in total. The number of aryl methyl sites for hydroxylation is 1. The number of hydrogen-bond donors (Lipinski definition) is 1. The summed E-state index contributed by atoms with van der Waals surface area (Å²) in [5.41, 5.74) is 2.19. The van der Waals surface area contributed by atoms with Crippen LogP contribution in [0.25, 0.3) is 0 Å². The molecule has 0 aliphatic carbocycles. The molecule has 0 unspecified atom stereocenters. The van der Waals surface area contributed by atoms with Crippen LogP contribution in [0.4, 0.5) is 0 Å². The third kappa shape index (κ3) is 3.17. The Morgan fingerprint density at radius 3 is 2.88 bits per heavy atom. The molecule has 0 saturated carbocycles. The van der Waals surface area contributed by atoms with E-state index in [0.717, 1.165) is 30.9 Å². The van der Waals surface area contributed by atoms with Crippen molar-refractivity contribution in [3.63, 3.8) is 0 Å². The van der Waals surface area contributed by atoms with Crippen LogP contribution < -0.4 is 5.32 Å². The Hall–Kier alpha value is -1.68. The van der Waals surface area contributed by atoms with Crippen LogP contribution in [-0.2, 0) is 20.0 Å². The van der Waals surface area contributed by atoms with E-state index in [4.69, 9.17) is 0 Å². The van der Waals surface area contributed by atoms with Crippen LogP contribution in [-0.4, -0.2) is 21.3 Å². The van der Waals surface area contributed by atoms with Gasteiger partial charge in [0.25, 0.3) is 0 Å². The minimum absolute atomic E-state index is 0.813. The van der Waals surface area contributed by atoms with E-state index in [-0.39, 0.29) is 0 Å². The third-order valence-electron chi connectivity index (χ3n) is 2.36. The van der Waals surface area contributed by atoms with Gasteiger partial charge in [-0.05, 0) is 18.2 Å². The molecule has 16 heavy (non-hydrogen) atoms. The second kappa shape index (κ2) is 5.42. The Morgan fingerprint density at radius 2 is 2.19 bits per heavy atom. The maximum Gasteiger partial charge on any atom is 0.0762 e. The molecule has 0 aromatic carbocycles. The van der Waals surface area contributed by atoms with E-state index in [2.05, 4.69) is 15.4 Å². The number of hydrogen-bond acceptors (Lipinski definition) is 3. The molecule has 0 radical (unpaired) electrons. The van der Waals surface area contributed by atoms with Crippen LogP contribution in [0.1, 0.15) is 11.4 Å². The van der Waals surface area contributed by atoms with Crippen LogP contribution in [0.15, 0.2) is 36.7 Å². The van der Waals surface area contributed by atoms with Crippen molar-refractivity contribution in [1.29, 1.82) is 0 Å². The first-order chi connectivity index (χ1) is 7.84. The molecule has 0 saturated heterocycles. The summed E-state index contributed by atoms with van der Waals surface area (Å²) in [5.74, 6) is 0. The SMILES string of the molecule is Cn1ccc(CNCCc2ccccn2)n1. The number of nitrogens with one attached hydrogen (secondary N) is 1.